The third kappa shape index (κ3) is 3.94. The lowest BCUT2D eigenvalue weighted by atomic mass is 10.1. The number of furan rings is 1. The fourth-order valence-corrected chi connectivity index (χ4v) is 3.59. The molecule has 29 heavy (non-hydrogen) atoms. The summed E-state index contributed by atoms with van der Waals surface area (Å²) in [5, 5.41) is 0. The third-order valence-corrected chi connectivity index (χ3v) is 5.20. The van der Waals surface area contributed by atoms with Crippen LogP contribution in [0.25, 0.3) is 11.3 Å². The number of amides is 1. The molecule has 2 aromatic heterocycles. The quantitative estimate of drug-likeness (QED) is 0.678. The van der Waals surface area contributed by atoms with E-state index in [1.807, 2.05) is 55.1 Å². The maximum atomic E-state index is 12.8. The average Bonchev–Trinajstić information content (AvgIpc) is 3.11. The van der Waals surface area contributed by atoms with Crippen molar-refractivity contribution in [3.05, 3.63) is 59.8 Å². The first kappa shape index (κ1) is 19.0. The molecule has 3 heterocycles. The minimum atomic E-state index is 0.0283. The second kappa shape index (κ2) is 7.95. The molecule has 7 nitrogen and oxygen atoms in total. The van der Waals surface area contributed by atoms with Crippen molar-refractivity contribution in [2.24, 2.45) is 0 Å². The Kier molecular flexibility index (Phi) is 5.20. The highest BCUT2D eigenvalue weighted by Gasteiger charge is 2.25. The van der Waals surface area contributed by atoms with Crippen LogP contribution < -0.4 is 9.64 Å². The maximum Gasteiger partial charge on any atom is 0.257 e. The van der Waals surface area contributed by atoms with Crippen LogP contribution >= 0.6 is 0 Å². The number of rotatable bonds is 4. The summed E-state index contributed by atoms with van der Waals surface area (Å²) in [6, 6.07) is 11.6. The number of carbonyl (C=O) groups excluding carboxylic acids is 1. The van der Waals surface area contributed by atoms with Crippen LogP contribution in [0.1, 0.15) is 21.9 Å². The van der Waals surface area contributed by atoms with Crippen LogP contribution in [0.15, 0.2) is 47.1 Å². The summed E-state index contributed by atoms with van der Waals surface area (Å²) in [7, 11) is 1.65. The molecule has 1 aliphatic heterocycles. The minimum absolute atomic E-state index is 0.0283. The number of methoxy groups -OCH3 is 1. The van der Waals surface area contributed by atoms with Crippen LogP contribution in [-0.2, 0) is 0 Å². The molecule has 3 aromatic rings. The predicted molar refractivity (Wildman–Crippen MR) is 110 cm³/mol. The summed E-state index contributed by atoms with van der Waals surface area (Å²) in [4.78, 5) is 25.7. The second-order valence-corrected chi connectivity index (χ2v) is 7.10. The molecular weight excluding hydrogens is 368 g/mol. The zero-order chi connectivity index (χ0) is 20.4. The van der Waals surface area contributed by atoms with Crippen LogP contribution in [0.2, 0.25) is 0 Å². The summed E-state index contributed by atoms with van der Waals surface area (Å²) >= 11 is 0. The molecule has 0 spiro atoms. The number of nitrogens with zero attached hydrogens (tertiary/aromatic N) is 4. The predicted octanol–water partition coefficient (Wildman–Crippen LogP) is 3.32. The number of aromatic nitrogens is 2. The van der Waals surface area contributed by atoms with Gasteiger partial charge in [0, 0.05) is 37.8 Å². The van der Waals surface area contributed by atoms with Gasteiger partial charge in [-0.25, -0.2) is 9.97 Å². The first-order valence-corrected chi connectivity index (χ1v) is 9.63. The Bertz CT molecular complexity index is 1010. The lowest BCUT2D eigenvalue weighted by Crippen LogP contribution is -2.49. The lowest BCUT2D eigenvalue weighted by molar-refractivity contribution is 0.0744. The van der Waals surface area contributed by atoms with Gasteiger partial charge in [0.1, 0.15) is 29.4 Å². The summed E-state index contributed by atoms with van der Waals surface area (Å²) < 4.78 is 10.7. The van der Waals surface area contributed by atoms with Crippen molar-refractivity contribution < 1.29 is 13.9 Å². The van der Waals surface area contributed by atoms with Gasteiger partial charge in [0.05, 0.1) is 18.4 Å². The molecule has 7 heteroatoms. The highest BCUT2D eigenvalue weighted by Crippen LogP contribution is 2.24. The molecule has 1 fully saturated rings. The van der Waals surface area contributed by atoms with Gasteiger partial charge in [0.15, 0.2) is 0 Å². The number of hydrogen-bond donors (Lipinski definition) is 0. The maximum absolute atomic E-state index is 12.8. The number of aryl methyl sites for hydroxylation is 2. The molecule has 0 aliphatic carbocycles. The molecule has 150 valence electrons. The highest BCUT2D eigenvalue weighted by molar-refractivity contribution is 5.95. The Morgan fingerprint density at radius 3 is 2.38 bits per heavy atom. The standard InChI is InChI=1S/C22H24N4O3/c1-15-12-19(16(2)29-15)22(27)26-10-8-25(9-11-26)21-13-20(23-14-24-21)17-4-6-18(28-3)7-5-17/h4-7,12-14H,8-11H2,1-3H3. The van der Waals surface area contributed by atoms with E-state index in [4.69, 9.17) is 9.15 Å². The average molecular weight is 392 g/mol. The first-order valence-electron chi connectivity index (χ1n) is 9.63. The molecule has 4 rings (SSSR count). The van der Waals surface area contributed by atoms with Crippen molar-refractivity contribution in [3.8, 4) is 17.0 Å². The molecule has 0 N–H and O–H groups in total. The zero-order valence-electron chi connectivity index (χ0n) is 16.9. The van der Waals surface area contributed by atoms with Crippen molar-refractivity contribution in [2.45, 2.75) is 13.8 Å². The molecule has 1 amide bonds. The highest BCUT2D eigenvalue weighted by atomic mass is 16.5. The minimum Gasteiger partial charge on any atom is -0.497 e. The van der Waals surface area contributed by atoms with E-state index < -0.39 is 0 Å². The smallest absolute Gasteiger partial charge is 0.257 e. The number of carbonyl (C=O) groups is 1. The van der Waals surface area contributed by atoms with E-state index in [9.17, 15) is 4.79 Å². The van der Waals surface area contributed by atoms with Crippen LogP contribution in [0.5, 0.6) is 5.75 Å². The van der Waals surface area contributed by atoms with Gasteiger partial charge in [-0.15, -0.1) is 0 Å². The Balaban J connectivity index is 1.44. The summed E-state index contributed by atoms with van der Waals surface area (Å²) in [6.07, 6.45) is 1.59. The SMILES string of the molecule is COc1ccc(-c2cc(N3CCN(C(=O)c4cc(C)oc4C)CC3)ncn2)cc1. The van der Waals surface area contributed by atoms with E-state index >= 15 is 0 Å². The van der Waals surface area contributed by atoms with Crippen molar-refractivity contribution in [2.75, 3.05) is 38.2 Å². The molecule has 1 aliphatic rings. The molecule has 0 unspecified atom stereocenters. The largest absolute Gasteiger partial charge is 0.497 e. The van der Waals surface area contributed by atoms with Gasteiger partial charge in [-0.1, -0.05) is 0 Å². The monoisotopic (exact) mass is 392 g/mol. The van der Waals surface area contributed by atoms with Crippen LogP contribution in [-0.4, -0.2) is 54.1 Å². The fourth-order valence-electron chi connectivity index (χ4n) is 3.59. The number of ether oxygens (including phenoxy) is 1. The fraction of sp³-hybridized carbons (Fsp3) is 0.318. The van der Waals surface area contributed by atoms with Gasteiger partial charge in [-0.05, 0) is 44.2 Å². The second-order valence-electron chi connectivity index (χ2n) is 7.10. The molecule has 0 saturated carbocycles. The van der Waals surface area contributed by atoms with Gasteiger partial charge in [-0.3, -0.25) is 4.79 Å². The number of benzene rings is 1. The summed E-state index contributed by atoms with van der Waals surface area (Å²) in [6.45, 7) is 6.42. The number of piperazine rings is 1. The first-order chi connectivity index (χ1) is 14.0. The van der Waals surface area contributed by atoms with Crippen molar-refractivity contribution >= 4 is 11.7 Å². The van der Waals surface area contributed by atoms with Crippen molar-refractivity contribution in [3.63, 3.8) is 0 Å². The third-order valence-electron chi connectivity index (χ3n) is 5.20. The van der Waals surface area contributed by atoms with Crippen molar-refractivity contribution in [1.29, 1.82) is 0 Å². The Morgan fingerprint density at radius 2 is 1.76 bits per heavy atom. The molecule has 0 atom stereocenters. The topological polar surface area (TPSA) is 71.7 Å². The number of hydrogen-bond acceptors (Lipinski definition) is 6. The Labute approximate surface area is 169 Å². The van der Waals surface area contributed by atoms with E-state index in [1.165, 1.54) is 0 Å². The molecule has 0 radical (unpaired) electrons. The summed E-state index contributed by atoms with van der Waals surface area (Å²) in [5.74, 6) is 3.15. The van der Waals surface area contributed by atoms with E-state index in [2.05, 4.69) is 14.9 Å². The normalized spacial score (nSPS) is 14.2. The van der Waals surface area contributed by atoms with Gasteiger partial charge >= 0.3 is 0 Å². The van der Waals surface area contributed by atoms with Crippen LogP contribution in [0, 0.1) is 13.8 Å². The van der Waals surface area contributed by atoms with Gasteiger partial charge < -0.3 is 19.0 Å². The zero-order valence-corrected chi connectivity index (χ0v) is 16.9. The van der Waals surface area contributed by atoms with E-state index in [1.54, 1.807) is 13.4 Å². The van der Waals surface area contributed by atoms with Gasteiger partial charge in [-0.2, -0.15) is 0 Å². The van der Waals surface area contributed by atoms with E-state index in [0.29, 0.717) is 24.4 Å². The van der Waals surface area contributed by atoms with Gasteiger partial charge in [0.2, 0.25) is 0 Å². The Morgan fingerprint density at radius 1 is 1.03 bits per heavy atom. The van der Waals surface area contributed by atoms with E-state index in [-0.39, 0.29) is 5.91 Å². The lowest BCUT2D eigenvalue weighted by Gasteiger charge is -2.35. The number of anilines is 1. The van der Waals surface area contributed by atoms with E-state index in [0.717, 1.165) is 41.7 Å². The summed E-state index contributed by atoms with van der Waals surface area (Å²) in [5.41, 5.74) is 2.52. The van der Waals surface area contributed by atoms with Crippen LogP contribution in [0.3, 0.4) is 0 Å². The van der Waals surface area contributed by atoms with Gasteiger partial charge in [0.25, 0.3) is 5.91 Å². The van der Waals surface area contributed by atoms with Crippen LogP contribution in [0.4, 0.5) is 5.82 Å². The Hall–Kier alpha value is -3.35. The van der Waals surface area contributed by atoms with Crippen molar-refractivity contribution in [1.82, 2.24) is 14.9 Å². The molecule has 1 aromatic carbocycles. The molecular formula is C22H24N4O3. The molecule has 0 bridgehead atoms. The molecule has 1 saturated heterocycles.